The number of nitrogen functional groups attached to an aromatic ring is 1. The zero-order valence-electron chi connectivity index (χ0n) is 8.34. The number of aryl methyl sites for hydroxylation is 1. The van der Waals surface area contributed by atoms with Crippen LogP contribution in [0.5, 0.6) is 0 Å². The third-order valence-corrected chi connectivity index (χ3v) is 2.31. The van der Waals surface area contributed by atoms with E-state index in [1.54, 1.807) is 0 Å². The van der Waals surface area contributed by atoms with Crippen LogP contribution in [0.4, 0.5) is 0 Å². The van der Waals surface area contributed by atoms with Crippen LogP contribution in [0.2, 0.25) is 0 Å². The van der Waals surface area contributed by atoms with Crippen molar-refractivity contribution in [1.82, 2.24) is 24.7 Å². The maximum atomic E-state index is 5.69. The number of nitrogens with two attached hydrogens (primary N) is 1. The Morgan fingerprint density at radius 3 is 3.00 bits per heavy atom. The van der Waals surface area contributed by atoms with Gasteiger partial charge < -0.3 is 5.84 Å². The summed E-state index contributed by atoms with van der Waals surface area (Å²) in [5, 5.41) is 11.0. The van der Waals surface area contributed by atoms with Gasteiger partial charge >= 0.3 is 0 Å². The van der Waals surface area contributed by atoms with E-state index < -0.39 is 0 Å². The summed E-state index contributed by atoms with van der Waals surface area (Å²) in [6.07, 6.45) is 2.94. The molecule has 15 heavy (non-hydrogen) atoms. The lowest BCUT2D eigenvalue weighted by atomic mass is 10.4. The van der Waals surface area contributed by atoms with Crippen LogP contribution in [0.15, 0.2) is 12.3 Å². The molecule has 0 fully saturated rings. The number of H-pyrrole nitrogens is 1. The van der Waals surface area contributed by atoms with E-state index >= 15 is 0 Å². The Morgan fingerprint density at radius 1 is 1.60 bits per heavy atom. The zero-order chi connectivity index (χ0) is 10.8. The molecule has 80 valence electrons. The zero-order valence-corrected chi connectivity index (χ0v) is 9.16. The summed E-state index contributed by atoms with van der Waals surface area (Å²) >= 11 is 4.92. The highest BCUT2D eigenvalue weighted by Gasteiger charge is 2.09. The van der Waals surface area contributed by atoms with E-state index in [0.717, 1.165) is 18.7 Å². The van der Waals surface area contributed by atoms with Gasteiger partial charge in [0.1, 0.15) is 5.69 Å². The van der Waals surface area contributed by atoms with Crippen LogP contribution in [0, 0.1) is 4.77 Å². The van der Waals surface area contributed by atoms with E-state index in [2.05, 4.69) is 22.2 Å². The monoisotopic (exact) mass is 224 g/mol. The fraction of sp³-hybridized carbons (Fsp3) is 0.375. The average molecular weight is 224 g/mol. The molecule has 0 aliphatic heterocycles. The Labute approximate surface area is 91.7 Å². The molecular formula is C8H12N6S. The van der Waals surface area contributed by atoms with Crippen LogP contribution in [0.3, 0.4) is 0 Å². The highest BCUT2D eigenvalue weighted by Crippen LogP contribution is 2.11. The van der Waals surface area contributed by atoms with E-state index in [4.69, 9.17) is 18.1 Å². The Balaban J connectivity index is 2.37. The molecule has 0 saturated carbocycles. The molecule has 0 radical (unpaired) electrons. The van der Waals surface area contributed by atoms with Gasteiger partial charge in [-0.15, -0.1) is 0 Å². The van der Waals surface area contributed by atoms with E-state index in [9.17, 15) is 0 Å². The smallest absolute Gasteiger partial charge is 0.214 e. The van der Waals surface area contributed by atoms with Crippen molar-refractivity contribution in [2.75, 3.05) is 5.84 Å². The Hall–Kier alpha value is -1.63. The Bertz CT molecular complexity index is 507. The number of nitrogens with one attached hydrogen (secondary N) is 1. The van der Waals surface area contributed by atoms with Crippen LogP contribution >= 0.6 is 12.2 Å². The first kappa shape index (κ1) is 9.91. The topological polar surface area (TPSA) is 77.5 Å². The van der Waals surface area contributed by atoms with Crippen LogP contribution in [-0.2, 0) is 6.54 Å². The summed E-state index contributed by atoms with van der Waals surface area (Å²) in [7, 11) is 0. The molecule has 2 heterocycles. The molecule has 6 nitrogen and oxygen atoms in total. The van der Waals surface area contributed by atoms with Crippen molar-refractivity contribution in [1.29, 1.82) is 0 Å². The predicted octanol–water partition coefficient (Wildman–Crippen LogP) is 0.928. The SMILES string of the molecule is CCCn1ccc(-c2n[nH]c(=S)n2N)n1. The van der Waals surface area contributed by atoms with Crippen LogP contribution in [-0.4, -0.2) is 24.7 Å². The first-order chi connectivity index (χ1) is 7.22. The summed E-state index contributed by atoms with van der Waals surface area (Å²) in [4.78, 5) is 0. The summed E-state index contributed by atoms with van der Waals surface area (Å²) in [6, 6.07) is 1.87. The summed E-state index contributed by atoms with van der Waals surface area (Å²) in [5.41, 5.74) is 0.721. The molecule has 0 atom stereocenters. The molecule has 0 amide bonds. The molecule has 2 aromatic heterocycles. The molecule has 0 aliphatic rings. The minimum absolute atomic E-state index is 0.384. The van der Waals surface area contributed by atoms with Gasteiger partial charge in [-0.1, -0.05) is 6.92 Å². The lowest BCUT2D eigenvalue weighted by molar-refractivity contribution is 0.603. The number of aromatic amines is 1. The molecule has 0 aromatic carbocycles. The van der Waals surface area contributed by atoms with Crippen molar-refractivity contribution in [3.63, 3.8) is 0 Å². The highest BCUT2D eigenvalue weighted by atomic mass is 32.1. The minimum atomic E-state index is 0.384. The second kappa shape index (κ2) is 3.85. The van der Waals surface area contributed by atoms with Gasteiger partial charge in [0.05, 0.1) is 0 Å². The van der Waals surface area contributed by atoms with Crippen molar-refractivity contribution in [2.45, 2.75) is 19.9 Å². The lowest BCUT2D eigenvalue weighted by Crippen LogP contribution is -2.10. The van der Waals surface area contributed by atoms with Gasteiger partial charge in [-0.3, -0.25) is 4.68 Å². The van der Waals surface area contributed by atoms with Crippen LogP contribution in [0.25, 0.3) is 11.5 Å². The van der Waals surface area contributed by atoms with Crippen molar-refractivity contribution in [3.05, 3.63) is 17.0 Å². The van der Waals surface area contributed by atoms with Gasteiger partial charge in [0.15, 0.2) is 0 Å². The fourth-order valence-electron chi connectivity index (χ4n) is 1.32. The van der Waals surface area contributed by atoms with Gasteiger partial charge in [0.2, 0.25) is 10.6 Å². The lowest BCUT2D eigenvalue weighted by Gasteiger charge is -1.97. The van der Waals surface area contributed by atoms with Crippen molar-refractivity contribution >= 4 is 12.2 Å². The second-order valence-corrected chi connectivity index (χ2v) is 3.57. The minimum Gasteiger partial charge on any atom is -0.335 e. The fourth-order valence-corrected chi connectivity index (χ4v) is 1.45. The molecule has 0 spiro atoms. The first-order valence-electron chi connectivity index (χ1n) is 4.68. The van der Waals surface area contributed by atoms with Gasteiger partial charge in [0, 0.05) is 12.7 Å². The molecule has 2 rings (SSSR count). The van der Waals surface area contributed by atoms with Gasteiger partial charge in [0.25, 0.3) is 0 Å². The largest absolute Gasteiger partial charge is 0.335 e. The van der Waals surface area contributed by atoms with Crippen LogP contribution in [0.1, 0.15) is 13.3 Å². The third-order valence-electron chi connectivity index (χ3n) is 2.03. The maximum Gasteiger partial charge on any atom is 0.214 e. The van der Waals surface area contributed by atoms with E-state index in [1.165, 1.54) is 4.68 Å². The third kappa shape index (κ3) is 1.78. The maximum absolute atomic E-state index is 5.69. The van der Waals surface area contributed by atoms with Gasteiger partial charge in [-0.2, -0.15) is 10.2 Å². The standard InChI is InChI=1S/C8H12N6S/c1-2-4-13-5-3-6(12-13)7-10-11-8(15)14(7)9/h3,5H,2,4,9H2,1H3,(H,11,15). The number of hydrogen-bond acceptors (Lipinski definition) is 4. The quantitative estimate of drug-likeness (QED) is 0.600. The van der Waals surface area contributed by atoms with E-state index in [-0.39, 0.29) is 0 Å². The molecule has 2 aromatic rings. The molecule has 0 aliphatic carbocycles. The number of rotatable bonds is 3. The van der Waals surface area contributed by atoms with E-state index in [1.807, 2.05) is 16.9 Å². The van der Waals surface area contributed by atoms with Gasteiger partial charge in [-0.05, 0) is 24.7 Å². The van der Waals surface area contributed by atoms with Crippen molar-refractivity contribution in [2.24, 2.45) is 0 Å². The number of nitrogens with zero attached hydrogens (tertiary/aromatic N) is 4. The molecule has 0 bridgehead atoms. The van der Waals surface area contributed by atoms with E-state index in [0.29, 0.717) is 10.6 Å². The second-order valence-electron chi connectivity index (χ2n) is 3.19. The first-order valence-corrected chi connectivity index (χ1v) is 5.09. The molecule has 3 N–H and O–H groups in total. The Morgan fingerprint density at radius 2 is 2.40 bits per heavy atom. The summed E-state index contributed by atoms with van der Waals surface area (Å²) < 4.78 is 3.55. The normalized spacial score (nSPS) is 10.7. The van der Waals surface area contributed by atoms with Crippen molar-refractivity contribution < 1.29 is 0 Å². The highest BCUT2D eigenvalue weighted by molar-refractivity contribution is 7.71. The van der Waals surface area contributed by atoms with Crippen LogP contribution < -0.4 is 5.84 Å². The summed E-state index contributed by atoms with van der Waals surface area (Å²) in [5.74, 6) is 6.24. The Kier molecular flexibility index (Phi) is 2.55. The van der Waals surface area contributed by atoms with Crippen molar-refractivity contribution in [3.8, 4) is 11.5 Å². The average Bonchev–Trinajstić information content (AvgIpc) is 2.77. The molecule has 0 saturated heterocycles. The molecular weight excluding hydrogens is 212 g/mol. The number of aromatic nitrogens is 5. The molecule has 7 heteroatoms. The predicted molar refractivity (Wildman–Crippen MR) is 59.1 cm³/mol. The number of hydrogen-bond donors (Lipinski definition) is 2. The summed E-state index contributed by atoms with van der Waals surface area (Å²) in [6.45, 7) is 2.98. The van der Waals surface area contributed by atoms with Gasteiger partial charge in [-0.25, -0.2) is 9.77 Å². The molecule has 0 unspecified atom stereocenters.